The molecule has 0 saturated heterocycles. The van der Waals surface area contributed by atoms with Crippen molar-refractivity contribution in [3.05, 3.63) is 54.6 Å². The van der Waals surface area contributed by atoms with Gasteiger partial charge in [-0.3, -0.25) is 0 Å². The molecule has 1 aromatic heterocycles. The van der Waals surface area contributed by atoms with E-state index in [9.17, 15) is 0 Å². The standard InChI is InChI=1S/C14H19N3/c1-16(12-14-6-3-2-4-7-14)9-5-10-17-11-8-15-13-17/h2-4,6-8,11,13H,5,9-10,12H2,1H3. The molecule has 3 nitrogen and oxygen atoms in total. The van der Waals surface area contributed by atoms with Gasteiger partial charge in [-0.15, -0.1) is 0 Å². The molecule has 2 aromatic rings. The van der Waals surface area contributed by atoms with Crippen LogP contribution < -0.4 is 0 Å². The summed E-state index contributed by atoms with van der Waals surface area (Å²) in [5.74, 6) is 0. The van der Waals surface area contributed by atoms with Crippen molar-refractivity contribution < 1.29 is 0 Å². The molecule has 0 amide bonds. The molecule has 1 aromatic carbocycles. The monoisotopic (exact) mass is 229 g/mol. The Morgan fingerprint density at radius 2 is 2.06 bits per heavy atom. The van der Waals surface area contributed by atoms with E-state index < -0.39 is 0 Å². The van der Waals surface area contributed by atoms with Crippen LogP contribution in [0.2, 0.25) is 0 Å². The fraction of sp³-hybridized carbons (Fsp3) is 0.357. The molecule has 0 aliphatic rings. The fourth-order valence-corrected chi connectivity index (χ4v) is 1.92. The van der Waals surface area contributed by atoms with E-state index in [1.54, 1.807) is 0 Å². The van der Waals surface area contributed by atoms with Crippen LogP contribution in [-0.2, 0) is 13.1 Å². The number of hydrogen-bond acceptors (Lipinski definition) is 2. The number of aromatic nitrogens is 2. The van der Waals surface area contributed by atoms with Crippen molar-refractivity contribution in [3.63, 3.8) is 0 Å². The SMILES string of the molecule is CN(CCCn1ccnc1)Cc1ccccc1. The second kappa shape index (κ2) is 6.21. The second-order valence-corrected chi connectivity index (χ2v) is 4.38. The van der Waals surface area contributed by atoms with Crippen LogP contribution in [0, 0.1) is 0 Å². The van der Waals surface area contributed by atoms with Gasteiger partial charge < -0.3 is 9.47 Å². The summed E-state index contributed by atoms with van der Waals surface area (Å²) in [5.41, 5.74) is 1.37. The third kappa shape index (κ3) is 4.04. The molecule has 0 radical (unpaired) electrons. The first-order valence-electron chi connectivity index (χ1n) is 6.03. The zero-order chi connectivity index (χ0) is 11.9. The van der Waals surface area contributed by atoms with E-state index in [0.29, 0.717) is 0 Å². The molecule has 0 saturated carbocycles. The Hall–Kier alpha value is -1.61. The van der Waals surface area contributed by atoms with Gasteiger partial charge in [-0.1, -0.05) is 30.3 Å². The first-order valence-corrected chi connectivity index (χ1v) is 6.03. The lowest BCUT2D eigenvalue weighted by Gasteiger charge is -2.16. The lowest BCUT2D eigenvalue weighted by atomic mass is 10.2. The van der Waals surface area contributed by atoms with E-state index in [1.165, 1.54) is 5.56 Å². The summed E-state index contributed by atoms with van der Waals surface area (Å²) in [7, 11) is 2.17. The summed E-state index contributed by atoms with van der Waals surface area (Å²) in [6.45, 7) is 3.16. The van der Waals surface area contributed by atoms with Crippen LogP contribution in [0.15, 0.2) is 49.1 Å². The van der Waals surface area contributed by atoms with Gasteiger partial charge in [0.1, 0.15) is 0 Å². The second-order valence-electron chi connectivity index (χ2n) is 4.38. The average Bonchev–Trinajstić information content (AvgIpc) is 2.83. The number of rotatable bonds is 6. The van der Waals surface area contributed by atoms with Crippen molar-refractivity contribution in [2.75, 3.05) is 13.6 Å². The minimum atomic E-state index is 1.02. The number of aryl methyl sites for hydroxylation is 1. The summed E-state index contributed by atoms with van der Waals surface area (Å²) < 4.78 is 2.12. The smallest absolute Gasteiger partial charge is 0.0945 e. The molecule has 1 heterocycles. The molecule has 0 spiro atoms. The van der Waals surface area contributed by atoms with Gasteiger partial charge >= 0.3 is 0 Å². The molecule has 0 unspecified atom stereocenters. The molecule has 90 valence electrons. The average molecular weight is 229 g/mol. The molecule has 2 rings (SSSR count). The van der Waals surface area contributed by atoms with Crippen molar-refractivity contribution in [3.8, 4) is 0 Å². The zero-order valence-corrected chi connectivity index (χ0v) is 10.3. The summed E-state index contributed by atoms with van der Waals surface area (Å²) in [5, 5.41) is 0. The van der Waals surface area contributed by atoms with Crippen molar-refractivity contribution in [2.45, 2.75) is 19.5 Å². The number of benzene rings is 1. The van der Waals surface area contributed by atoms with Gasteiger partial charge in [0.15, 0.2) is 0 Å². The van der Waals surface area contributed by atoms with Crippen molar-refractivity contribution >= 4 is 0 Å². The van der Waals surface area contributed by atoms with Crippen LogP contribution in [-0.4, -0.2) is 28.0 Å². The van der Waals surface area contributed by atoms with Gasteiger partial charge in [0.25, 0.3) is 0 Å². The molecule has 3 heteroatoms. The molecular formula is C14H19N3. The van der Waals surface area contributed by atoms with Crippen molar-refractivity contribution in [1.82, 2.24) is 14.5 Å². The highest BCUT2D eigenvalue weighted by molar-refractivity contribution is 5.14. The third-order valence-electron chi connectivity index (χ3n) is 2.81. The van der Waals surface area contributed by atoms with E-state index in [2.05, 4.69) is 51.8 Å². The van der Waals surface area contributed by atoms with Gasteiger partial charge in [0.2, 0.25) is 0 Å². The highest BCUT2D eigenvalue weighted by Gasteiger charge is 1.99. The lowest BCUT2D eigenvalue weighted by molar-refractivity contribution is 0.314. The fourth-order valence-electron chi connectivity index (χ4n) is 1.92. The van der Waals surface area contributed by atoms with Gasteiger partial charge in [-0.2, -0.15) is 0 Å². The van der Waals surface area contributed by atoms with Crippen molar-refractivity contribution in [2.24, 2.45) is 0 Å². The maximum atomic E-state index is 4.04. The lowest BCUT2D eigenvalue weighted by Crippen LogP contribution is -2.20. The van der Waals surface area contributed by atoms with E-state index in [0.717, 1.165) is 26.1 Å². The summed E-state index contributed by atoms with van der Waals surface area (Å²) in [6.07, 6.45) is 6.86. The molecule has 0 aliphatic heterocycles. The maximum absolute atomic E-state index is 4.04. The first-order chi connectivity index (χ1) is 8.34. The Morgan fingerprint density at radius 3 is 2.76 bits per heavy atom. The Kier molecular flexibility index (Phi) is 4.33. The van der Waals surface area contributed by atoms with E-state index in [4.69, 9.17) is 0 Å². The minimum absolute atomic E-state index is 1.02. The van der Waals surface area contributed by atoms with Crippen LogP contribution in [0.25, 0.3) is 0 Å². The van der Waals surface area contributed by atoms with E-state index in [-0.39, 0.29) is 0 Å². The molecule has 0 fully saturated rings. The van der Waals surface area contributed by atoms with Gasteiger partial charge in [0.05, 0.1) is 6.33 Å². The number of hydrogen-bond donors (Lipinski definition) is 0. The van der Waals surface area contributed by atoms with E-state index in [1.807, 2.05) is 18.7 Å². The van der Waals surface area contributed by atoms with Crippen LogP contribution in [0.1, 0.15) is 12.0 Å². The zero-order valence-electron chi connectivity index (χ0n) is 10.3. The topological polar surface area (TPSA) is 21.1 Å². The quantitative estimate of drug-likeness (QED) is 0.758. The Morgan fingerprint density at radius 1 is 1.24 bits per heavy atom. The van der Waals surface area contributed by atoms with Crippen LogP contribution in [0.5, 0.6) is 0 Å². The van der Waals surface area contributed by atoms with Crippen LogP contribution >= 0.6 is 0 Å². The van der Waals surface area contributed by atoms with Crippen molar-refractivity contribution in [1.29, 1.82) is 0 Å². The predicted octanol–water partition coefficient (Wildman–Crippen LogP) is 2.41. The highest BCUT2D eigenvalue weighted by atomic mass is 15.1. The molecule has 0 aliphatic carbocycles. The van der Waals surface area contributed by atoms with Crippen LogP contribution in [0.3, 0.4) is 0 Å². The normalized spacial score (nSPS) is 10.9. The molecule has 0 bridgehead atoms. The van der Waals surface area contributed by atoms with E-state index >= 15 is 0 Å². The van der Waals surface area contributed by atoms with Crippen LogP contribution in [0.4, 0.5) is 0 Å². The molecule has 0 atom stereocenters. The number of imidazole rings is 1. The van der Waals surface area contributed by atoms with Gasteiger partial charge in [-0.05, 0) is 25.6 Å². The highest BCUT2D eigenvalue weighted by Crippen LogP contribution is 2.03. The Labute approximate surface area is 103 Å². The summed E-state index contributed by atoms with van der Waals surface area (Å²) >= 11 is 0. The molecular weight excluding hydrogens is 210 g/mol. The Balaban J connectivity index is 1.69. The Bertz CT molecular complexity index is 408. The minimum Gasteiger partial charge on any atom is -0.337 e. The molecule has 0 N–H and O–H groups in total. The predicted molar refractivity (Wildman–Crippen MR) is 69.6 cm³/mol. The van der Waals surface area contributed by atoms with Gasteiger partial charge in [-0.25, -0.2) is 4.98 Å². The first kappa shape index (κ1) is 11.9. The third-order valence-corrected chi connectivity index (χ3v) is 2.81. The summed E-state index contributed by atoms with van der Waals surface area (Å²) in [4.78, 5) is 6.39. The maximum Gasteiger partial charge on any atom is 0.0945 e. The summed E-state index contributed by atoms with van der Waals surface area (Å²) in [6, 6.07) is 10.6. The van der Waals surface area contributed by atoms with Gasteiger partial charge in [0, 0.05) is 25.5 Å². The number of nitrogens with zero attached hydrogens (tertiary/aromatic N) is 3. The largest absolute Gasteiger partial charge is 0.337 e. The molecule has 17 heavy (non-hydrogen) atoms.